The lowest BCUT2D eigenvalue weighted by atomic mass is 9.85. The number of halogens is 1. The third-order valence-electron chi connectivity index (χ3n) is 4.72. The van der Waals surface area contributed by atoms with E-state index < -0.39 is 0 Å². The van der Waals surface area contributed by atoms with Crippen LogP contribution in [-0.2, 0) is 11.2 Å². The second-order valence-electron chi connectivity index (χ2n) is 6.78. The highest BCUT2D eigenvalue weighted by atomic mass is 19.1. The van der Waals surface area contributed by atoms with E-state index in [0.717, 1.165) is 55.9 Å². The van der Waals surface area contributed by atoms with Gasteiger partial charge in [-0.15, -0.1) is 0 Å². The van der Waals surface area contributed by atoms with Gasteiger partial charge in [-0.05, 0) is 62.8 Å². The zero-order valence-corrected chi connectivity index (χ0v) is 15.9. The van der Waals surface area contributed by atoms with Crippen LogP contribution in [0.15, 0.2) is 23.2 Å². The van der Waals surface area contributed by atoms with Crippen molar-refractivity contribution in [3.05, 3.63) is 35.1 Å². The maximum atomic E-state index is 13.1. The lowest BCUT2D eigenvalue weighted by molar-refractivity contribution is -0.127. The molecule has 0 heterocycles. The Hall–Kier alpha value is -2.11. The van der Waals surface area contributed by atoms with Gasteiger partial charge in [0.05, 0.1) is 0 Å². The van der Waals surface area contributed by atoms with Crippen molar-refractivity contribution in [1.29, 1.82) is 0 Å². The van der Waals surface area contributed by atoms with Gasteiger partial charge in [0.15, 0.2) is 5.96 Å². The molecule has 2 rings (SSSR count). The van der Waals surface area contributed by atoms with Crippen molar-refractivity contribution in [3.8, 4) is 0 Å². The molecule has 1 aromatic rings. The summed E-state index contributed by atoms with van der Waals surface area (Å²) in [6, 6.07) is 4.90. The van der Waals surface area contributed by atoms with E-state index in [4.69, 9.17) is 0 Å². The minimum Gasteiger partial charge on any atom is -0.357 e. The largest absolute Gasteiger partial charge is 0.357 e. The number of hydrogen-bond donors (Lipinski definition) is 3. The van der Waals surface area contributed by atoms with Gasteiger partial charge in [0.1, 0.15) is 5.82 Å². The first-order valence-electron chi connectivity index (χ1n) is 9.65. The van der Waals surface area contributed by atoms with Gasteiger partial charge in [0.2, 0.25) is 5.91 Å². The Balaban J connectivity index is 1.67. The summed E-state index contributed by atoms with van der Waals surface area (Å²) < 4.78 is 13.1. The summed E-state index contributed by atoms with van der Waals surface area (Å²) in [5.41, 5.74) is 2.10. The highest BCUT2D eigenvalue weighted by Gasteiger charge is 2.24. The molecule has 1 amide bonds. The van der Waals surface area contributed by atoms with Crippen LogP contribution in [-0.4, -0.2) is 38.0 Å². The SMILES string of the molecule is CCNC(=NCCCNC(=O)C1CCC1)NCCc1ccc(F)cc1C. The lowest BCUT2D eigenvalue weighted by Gasteiger charge is -2.23. The number of carbonyl (C=O) groups is 1. The van der Waals surface area contributed by atoms with Crippen molar-refractivity contribution in [3.63, 3.8) is 0 Å². The van der Waals surface area contributed by atoms with Crippen LogP contribution in [0.25, 0.3) is 0 Å². The van der Waals surface area contributed by atoms with Gasteiger partial charge >= 0.3 is 0 Å². The molecule has 1 aliphatic carbocycles. The van der Waals surface area contributed by atoms with Gasteiger partial charge in [-0.1, -0.05) is 12.5 Å². The second-order valence-corrected chi connectivity index (χ2v) is 6.78. The Morgan fingerprint density at radius 3 is 2.69 bits per heavy atom. The topological polar surface area (TPSA) is 65.5 Å². The Morgan fingerprint density at radius 2 is 2.04 bits per heavy atom. The number of benzene rings is 1. The van der Waals surface area contributed by atoms with Crippen molar-refractivity contribution in [1.82, 2.24) is 16.0 Å². The van der Waals surface area contributed by atoms with Crippen LogP contribution >= 0.6 is 0 Å². The quantitative estimate of drug-likeness (QED) is 0.359. The Bertz CT molecular complexity index is 614. The lowest BCUT2D eigenvalue weighted by Crippen LogP contribution is -2.38. The van der Waals surface area contributed by atoms with E-state index in [1.165, 1.54) is 12.5 Å². The predicted molar refractivity (Wildman–Crippen MR) is 104 cm³/mol. The Kier molecular flexibility index (Phi) is 8.38. The molecule has 1 aliphatic rings. The predicted octanol–water partition coefficient (Wildman–Crippen LogP) is 2.54. The van der Waals surface area contributed by atoms with Crippen molar-refractivity contribution in [2.75, 3.05) is 26.2 Å². The standard InChI is InChI=1S/C20H31FN4O/c1-3-22-20(24-12-5-11-23-19(26)17-6-4-7-17)25-13-10-16-8-9-18(21)14-15(16)2/h8-9,14,17H,3-7,10-13H2,1-2H3,(H,23,26)(H2,22,24,25). The maximum absolute atomic E-state index is 13.1. The number of aliphatic imine (C=N–C) groups is 1. The fourth-order valence-corrected chi connectivity index (χ4v) is 2.89. The summed E-state index contributed by atoms with van der Waals surface area (Å²) in [6.45, 7) is 6.81. The minimum atomic E-state index is -0.196. The molecule has 5 nitrogen and oxygen atoms in total. The summed E-state index contributed by atoms with van der Waals surface area (Å²) in [4.78, 5) is 16.3. The fraction of sp³-hybridized carbons (Fsp3) is 0.600. The third kappa shape index (κ3) is 6.65. The van der Waals surface area contributed by atoms with Crippen LogP contribution in [0, 0.1) is 18.7 Å². The van der Waals surface area contributed by atoms with E-state index in [9.17, 15) is 9.18 Å². The molecule has 26 heavy (non-hydrogen) atoms. The number of carbonyl (C=O) groups excluding carboxylic acids is 1. The molecule has 3 N–H and O–H groups in total. The number of amides is 1. The Labute approximate surface area is 155 Å². The summed E-state index contributed by atoms with van der Waals surface area (Å²) >= 11 is 0. The first-order valence-corrected chi connectivity index (χ1v) is 9.65. The first kappa shape index (κ1) is 20.2. The molecule has 6 heteroatoms. The molecular weight excluding hydrogens is 331 g/mol. The normalized spacial score (nSPS) is 14.7. The highest BCUT2D eigenvalue weighted by molar-refractivity contribution is 5.80. The number of rotatable bonds is 9. The van der Waals surface area contributed by atoms with E-state index >= 15 is 0 Å². The number of hydrogen-bond acceptors (Lipinski definition) is 2. The fourth-order valence-electron chi connectivity index (χ4n) is 2.89. The molecule has 0 aliphatic heterocycles. The van der Waals surface area contributed by atoms with E-state index in [1.54, 1.807) is 6.07 Å². The van der Waals surface area contributed by atoms with Crippen molar-refractivity contribution >= 4 is 11.9 Å². The molecule has 0 aromatic heterocycles. The summed E-state index contributed by atoms with van der Waals surface area (Å²) in [6.07, 6.45) is 4.88. The smallest absolute Gasteiger partial charge is 0.223 e. The van der Waals surface area contributed by atoms with E-state index in [0.29, 0.717) is 13.1 Å². The van der Waals surface area contributed by atoms with E-state index in [1.807, 2.05) is 19.9 Å². The molecule has 1 saturated carbocycles. The second kappa shape index (κ2) is 10.8. The molecular formula is C20H31FN4O. The van der Waals surface area contributed by atoms with Crippen molar-refractivity contribution in [2.45, 2.75) is 46.0 Å². The van der Waals surface area contributed by atoms with Crippen LogP contribution in [0.4, 0.5) is 4.39 Å². The molecule has 0 spiro atoms. The van der Waals surface area contributed by atoms with Crippen LogP contribution in [0.3, 0.4) is 0 Å². The van der Waals surface area contributed by atoms with Crippen LogP contribution < -0.4 is 16.0 Å². The maximum Gasteiger partial charge on any atom is 0.223 e. The Morgan fingerprint density at radius 1 is 1.23 bits per heavy atom. The number of nitrogens with one attached hydrogen (secondary N) is 3. The van der Waals surface area contributed by atoms with E-state index in [-0.39, 0.29) is 17.6 Å². The van der Waals surface area contributed by atoms with Gasteiger partial charge in [-0.3, -0.25) is 9.79 Å². The van der Waals surface area contributed by atoms with Crippen molar-refractivity contribution < 1.29 is 9.18 Å². The molecule has 0 unspecified atom stereocenters. The monoisotopic (exact) mass is 362 g/mol. The van der Waals surface area contributed by atoms with Crippen LogP contribution in [0.1, 0.15) is 43.7 Å². The molecule has 144 valence electrons. The molecule has 0 radical (unpaired) electrons. The van der Waals surface area contributed by atoms with Gasteiger partial charge in [0, 0.05) is 32.1 Å². The zero-order chi connectivity index (χ0) is 18.8. The van der Waals surface area contributed by atoms with Gasteiger partial charge in [-0.25, -0.2) is 4.39 Å². The number of guanidine groups is 1. The van der Waals surface area contributed by atoms with Crippen LogP contribution in [0.2, 0.25) is 0 Å². The van der Waals surface area contributed by atoms with Gasteiger partial charge < -0.3 is 16.0 Å². The number of aryl methyl sites for hydroxylation is 1. The third-order valence-corrected chi connectivity index (χ3v) is 4.72. The zero-order valence-electron chi connectivity index (χ0n) is 15.9. The summed E-state index contributed by atoms with van der Waals surface area (Å²) in [5, 5.41) is 9.51. The van der Waals surface area contributed by atoms with Gasteiger partial charge in [0.25, 0.3) is 0 Å². The molecule has 0 bridgehead atoms. The minimum absolute atomic E-state index is 0.194. The summed E-state index contributed by atoms with van der Waals surface area (Å²) in [5.74, 6) is 1.02. The highest BCUT2D eigenvalue weighted by Crippen LogP contribution is 2.25. The van der Waals surface area contributed by atoms with Gasteiger partial charge in [-0.2, -0.15) is 0 Å². The van der Waals surface area contributed by atoms with E-state index in [2.05, 4.69) is 20.9 Å². The van der Waals surface area contributed by atoms with Crippen LogP contribution in [0.5, 0.6) is 0 Å². The summed E-state index contributed by atoms with van der Waals surface area (Å²) in [7, 11) is 0. The van der Waals surface area contributed by atoms with Crippen molar-refractivity contribution in [2.24, 2.45) is 10.9 Å². The number of nitrogens with zero attached hydrogens (tertiary/aromatic N) is 1. The first-order chi connectivity index (χ1) is 12.6. The molecule has 0 atom stereocenters. The average Bonchev–Trinajstić information content (AvgIpc) is 2.54. The molecule has 1 fully saturated rings. The average molecular weight is 362 g/mol. The molecule has 0 saturated heterocycles. The molecule has 1 aromatic carbocycles.